The number of aryl methyl sites for hydroxylation is 1. The summed E-state index contributed by atoms with van der Waals surface area (Å²) in [6, 6.07) is 1.83. The predicted molar refractivity (Wildman–Crippen MR) is 68.5 cm³/mol. The first kappa shape index (κ1) is 11.5. The van der Waals surface area contributed by atoms with Crippen LogP contribution in [0.1, 0.15) is 18.7 Å². The lowest BCUT2D eigenvalue weighted by Crippen LogP contribution is -2.16. The number of thioether (sulfide) groups is 1. The van der Waals surface area contributed by atoms with Crippen LogP contribution in [0.5, 0.6) is 0 Å². The highest BCUT2D eigenvalue weighted by molar-refractivity contribution is 8.00. The quantitative estimate of drug-likeness (QED) is 0.544. The van der Waals surface area contributed by atoms with Gasteiger partial charge in [-0.1, -0.05) is 0 Å². The minimum atomic E-state index is 0.647. The van der Waals surface area contributed by atoms with Gasteiger partial charge in [-0.05, 0) is 25.5 Å². The van der Waals surface area contributed by atoms with E-state index in [1.165, 1.54) is 18.6 Å². The molecule has 0 spiro atoms. The second-order valence-electron chi connectivity index (χ2n) is 3.85. The van der Waals surface area contributed by atoms with E-state index in [1.54, 1.807) is 0 Å². The molecule has 5 nitrogen and oxygen atoms in total. The van der Waals surface area contributed by atoms with Crippen molar-refractivity contribution in [3.8, 4) is 0 Å². The molecule has 2 rings (SSSR count). The highest BCUT2D eigenvalue weighted by atomic mass is 32.2. The standard InChI is InChI=1S/C10H17N5S/c1-7-13-9(5-10(14-7)15-11)12-6-8-3-2-4-16-8/h5,8H,2-4,6,11H2,1H3,(H2,12,13,14,15). The van der Waals surface area contributed by atoms with Crippen LogP contribution in [-0.4, -0.2) is 27.5 Å². The van der Waals surface area contributed by atoms with Gasteiger partial charge < -0.3 is 10.7 Å². The van der Waals surface area contributed by atoms with Gasteiger partial charge in [-0.3, -0.25) is 0 Å². The minimum Gasteiger partial charge on any atom is -0.369 e. The van der Waals surface area contributed by atoms with Crippen LogP contribution in [0.2, 0.25) is 0 Å². The molecule has 88 valence electrons. The Hall–Kier alpha value is -1.01. The molecule has 1 aromatic heterocycles. The fourth-order valence-corrected chi connectivity index (χ4v) is 2.96. The molecular weight excluding hydrogens is 222 g/mol. The number of nitrogens with two attached hydrogens (primary N) is 1. The normalized spacial score (nSPS) is 19.8. The van der Waals surface area contributed by atoms with E-state index in [-0.39, 0.29) is 0 Å². The Morgan fingerprint density at radius 2 is 2.31 bits per heavy atom. The Morgan fingerprint density at radius 1 is 1.50 bits per heavy atom. The summed E-state index contributed by atoms with van der Waals surface area (Å²) in [7, 11) is 0. The van der Waals surface area contributed by atoms with Crippen LogP contribution in [0, 0.1) is 6.92 Å². The minimum absolute atomic E-state index is 0.647. The molecule has 4 N–H and O–H groups in total. The lowest BCUT2D eigenvalue weighted by atomic mass is 10.2. The molecule has 2 heterocycles. The molecular formula is C10H17N5S. The van der Waals surface area contributed by atoms with Crippen LogP contribution in [0.25, 0.3) is 0 Å². The first-order valence-electron chi connectivity index (χ1n) is 5.45. The van der Waals surface area contributed by atoms with Gasteiger partial charge in [0.15, 0.2) is 0 Å². The molecule has 0 saturated carbocycles. The summed E-state index contributed by atoms with van der Waals surface area (Å²) in [4.78, 5) is 8.46. The van der Waals surface area contributed by atoms with Crippen molar-refractivity contribution in [1.82, 2.24) is 9.97 Å². The van der Waals surface area contributed by atoms with Gasteiger partial charge in [0.2, 0.25) is 0 Å². The van der Waals surface area contributed by atoms with Gasteiger partial charge in [-0.2, -0.15) is 11.8 Å². The van der Waals surface area contributed by atoms with Crippen molar-refractivity contribution in [3.63, 3.8) is 0 Å². The molecule has 1 aliphatic rings. The Kier molecular flexibility index (Phi) is 3.84. The smallest absolute Gasteiger partial charge is 0.145 e. The molecule has 6 heteroatoms. The third kappa shape index (κ3) is 2.99. The number of nitrogen functional groups attached to an aromatic ring is 1. The van der Waals surface area contributed by atoms with Crippen molar-refractivity contribution < 1.29 is 0 Å². The molecule has 1 aliphatic heterocycles. The van der Waals surface area contributed by atoms with E-state index >= 15 is 0 Å². The average molecular weight is 239 g/mol. The molecule has 1 unspecified atom stereocenters. The third-order valence-electron chi connectivity index (χ3n) is 2.52. The first-order chi connectivity index (χ1) is 7.78. The van der Waals surface area contributed by atoms with Crippen molar-refractivity contribution in [3.05, 3.63) is 11.9 Å². The highest BCUT2D eigenvalue weighted by Crippen LogP contribution is 2.26. The maximum Gasteiger partial charge on any atom is 0.145 e. The fourth-order valence-electron chi connectivity index (χ4n) is 1.76. The molecule has 1 atom stereocenters. The van der Waals surface area contributed by atoms with E-state index in [1.807, 2.05) is 24.8 Å². The van der Waals surface area contributed by atoms with Crippen molar-refractivity contribution >= 4 is 23.4 Å². The second-order valence-corrected chi connectivity index (χ2v) is 5.25. The van der Waals surface area contributed by atoms with E-state index in [0.29, 0.717) is 11.1 Å². The predicted octanol–water partition coefficient (Wildman–Crippen LogP) is 1.38. The highest BCUT2D eigenvalue weighted by Gasteiger charge is 2.15. The molecule has 16 heavy (non-hydrogen) atoms. The SMILES string of the molecule is Cc1nc(NN)cc(NCC2CCCS2)n1. The zero-order valence-electron chi connectivity index (χ0n) is 9.36. The molecule has 0 amide bonds. The number of hydrazine groups is 1. The van der Waals surface area contributed by atoms with Crippen LogP contribution in [0.3, 0.4) is 0 Å². The molecule has 1 aromatic rings. The lowest BCUT2D eigenvalue weighted by molar-refractivity contribution is 0.802. The number of hydrogen-bond acceptors (Lipinski definition) is 6. The Morgan fingerprint density at radius 3 is 3.00 bits per heavy atom. The van der Waals surface area contributed by atoms with Gasteiger partial charge in [-0.25, -0.2) is 15.8 Å². The molecule has 0 radical (unpaired) electrons. The summed E-state index contributed by atoms with van der Waals surface area (Å²) in [6.07, 6.45) is 2.62. The fraction of sp³-hybridized carbons (Fsp3) is 0.600. The van der Waals surface area contributed by atoms with Gasteiger partial charge in [0.1, 0.15) is 17.5 Å². The monoisotopic (exact) mass is 239 g/mol. The van der Waals surface area contributed by atoms with Gasteiger partial charge in [0.05, 0.1) is 0 Å². The average Bonchev–Trinajstić information content (AvgIpc) is 2.78. The first-order valence-corrected chi connectivity index (χ1v) is 6.50. The summed E-state index contributed by atoms with van der Waals surface area (Å²) < 4.78 is 0. The van der Waals surface area contributed by atoms with Gasteiger partial charge >= 0.3 is 0 Å². The van der Waals surface area contributed by atoms with E-state index in [9.17, 15) is 0 Å². The van der Waals surface area contributed by atoms with Crippen LogP contribution in [0.15, 0.2) is 6.07 Å². The zero-order valence-corrected chi connectivity index (χ0v) is 10.2. The summed E-state index contributed by atoms with van der Waals surface area (Å²) in [5.74, 6) is 8.82. The number of aromatic nitrogens is 2. The van der Waals surface area contributed by atoms with Crippen molar-refractivity contribution in [2.45, 2.75) is 25.0 Å². The van der Waals surface area contributed by atoms with Crippen LogP contribution in [-0.2, 0) is 0 Å². The molecule has 1 saturated heterocycles. The molecule has 1 fully saturated rings. The Balaban J connectivity index is 1.94. The number of hydrogen-bond donors (Lipinski definition) is 3. The lowest BCUT2D eigenvalue weighted by Gasteiger charge is -2.11. The number of rotatable bonds is 4. The summed E-state index contributed by atoms with van der Waals surface area (Å²) >= 11 is 2.03. The van der Waals surface area contributed by atoms with Gasteiger partial charge in [0.25, 0.3) is 0 Å². The largest absolute Gasteiger partial charge is 0.369 e. The van der Waals surface area contributed by atoms with Crippen LogP contribution in [0.4, 0.5) is 11.6 Å². The number of anilines is 2. The van der Waals surface area contributed by atoms with Crippen molar-refractivity contribution in [2.24, 2.45) is 5.84 Å². The molecule has 0 aliphatic carbocycles. The maximum absolute atomic E-state index is 5.33. The van der Waals surface area contributed by atoms with Crippen LogP contribution >= 0.6 is 11.8 Å². The van der Waals surface area contributed by atoms with Crippen molar-refractivity contribution in [2.75, 3.05) is 23.0 Å². The van der Waals surface area contributed by atoms with Crippen LogP contribution < -0.4 is 16.6 Å². The van der Waals surface area contributed by atoms with E-state index in [0.717, 1.165) is 18.2 Å². The van der Waals surface area contributed by atoms with E-state index in [4.69, 9.17) is 5.84 Å². The molecule has 0 bridgehead atoms. The second kappa shape index (κ2) is 5.36. The maximum atomic E-state index is 5.33. The van der Waals surface area contributed by atoms with E-state index in [2.05, 4.69) is 20.7 Å². The van der Waals surface area contributed by atoms with Crippen molar-refractivity contribution in [1.29, 1.82) is 0 Å². The Labute approximate surface area is 99.6 Å². The van der Waals surface area contributed by atoms with E-state index < -0.39 is 0 Å². The zero-order chi connectivity index (χ0) is 11.4. The van der Waals surface area contributed by atoms with Gasteiger partial charge in [0, 0.05) is 17.9 Å². The number of nitrogens with one attached hydrogen (secondary N) is 2. The van der Waals surface area contributed by atoms with Gasteiger partial charge in [-0.15, -0.1) is 0 Å². The number of nitrogens with zero attached hydrogens (tertiary/aromatic N) is 2. The summed E-state index contributed by atoms with van der Waals surface area (Å²) in [5, 5.41) is 4.05. The molecule has 0 aromatic carbocycles. The summed E-state index contributed by atoms with van der Waals surface area (Å²) in [5.41, 5.74) is 2.54. The third-order valence-corrected chi connectivity index (χ3v) is 3.92. The Bertz CT molecular complexity index is 351. The summed E-state index contributed by atoms with van der Waals surface area (Å²) in [6.45, 7) is 2.82. The topological polar surface area (TPSA) is 75.9 Å².